The van der Waals surface area contributed by atoms with Crippen LogP contribution in [0.4, 0.5) is 0 Å². The predicted molar refractivity (Wildman–Crippen MR) is 60.1 cm³/mol. The number of H-pyrrole nitrogens is 1. The zero-order valence-electron chi connectivity index (χ0n) is 9.03. The van der Waals surface area contributed by atoms with Gasteiger partial charge in [0.2, 0.25) is 6.79 Å². The van der Waals surface area contributed by atoms with Gasteiger partial charge in [-0.15, -0.1) is 0 Å². The molecule has 1 aliphatic rings. The summed E-state index contributed by atoms with van der Waals surface area (Å²) >= 11 is 0. The van der Waals surface area contributed by atoms with Crippen LogP contribution < -0.4 is 15.0 Å². The van der Waals surface area contributed by atoms with Crippen LogP contribution in [-0.2, 0) is 0 Å². The van der Waals surface area contributed by atoms with Crippen molar-refractivity contribution in [3.8, 4) is 17.6 Å². The van der Waals surface area contributed by atoms with Crippen molar-refractivity contribution in [1.29, 1.82) is 5.26 Å². The monoisotopic (exact) mass is 228 g/mol. The average molecular weight is 228 g/mol. The maximum absolute atomic E-state index is 11.6. The first kappa shape index (κ1) is 9.73. The first-order valence-electron chi connectivity index (χ1n) is 5.07. The second-order valence-electron chi connectivity index (χ2n) is 3.82. The van der Waals surface area contributed by atoms with Crippen LogP contribution in [0, 0.1) is 18.3 Å². The standard InChI is InChI=1S/C12H8N2O3/c1-6-7-2-10-11(17-5-16-10)3-9(7)14-12(15)8(6)4-13/h2-3H,5H2,1H3,(H,14,15). The molecule has 0 bridgehead atoms. The highest BCUT2D eigenvalue weighted by Crippen LogP contribution is 2.36. The van der Waals surface area contributed by atoms with Gasteiger partial charge < -0.3 is 14.5 Å². The number of aromatic amines is 1. The minimum atomic E-state index is -0.378. The number of nitriles is 1. The summed E-state index contributed by atoms with van der Waals surface area (Å²) in [5.74, 6) is 1.24. The normalized spacial score (nSPS) is 12.7. The summed E-state index contributed by atoms with van der Waals surface area (Å²) in [7, 11) is 0. The Morgan fingerprint density at radius 3 is 2.76 bits per heavy atom. The molecule has 0 amide bonds. The second kappa shape index (κ2) is 3.25. The highest BCUT2D eigenvalue weighted by atomic mass is 16.7. The van der Waals surface area contributed by atoms with Crippen LogP contribution in [0.5, 0.6) is 11.5 Å². The summed E-state index contributed by atoms with van der Waals surface area (Å²) in [6.45, 7) is 1.93. The topological polar surface area (TPSA) is 75.1 Å². The molecule has 3 rings (SSSR count). The van der Waals surface area contributed by atoms with Gasteiger partial charge in [-0.25, -0.2) is 0 Å². The summed E-state index contributed by atoms with van der Waals surface area (Å²) in [4.78, 5) is 14.3. The molecule has 84 valence electrons. The first-order chi connectivity index (χ1) is 8.20. The van der Waals surface area contributed by atoms with Crippen LogP contribution in [-0.4, -0.2) is 11.8 Å². The molecule has 0 saturated carbocycles. The molecule has 17 heavy (non-hydrogen) atoms. The number of aryl methyl sites for hydroxylation is 1. The van der Waals surface area contributed by atoms with Crippen molar-refractivity contribution in [2.45, 2.75) is 6.92 Å². The van der Waals surface area contributed by atoms with E-state index < -0.39 is 0 Å². The van der Waals surface area contributed by atoms with Gasteiger partial charge in [-0.3, -0.25) is 4.79 Å². The fourth-order valence-corrected chi connectivity index (χ4v) is 1.98. The summed E-state index contributed by atoms with van der Waals surface area (Å²) in [5, 5.41) is 9.72. The van der Waals surface area contributed by atoms with E-state index in [1.807, 2.05) is 6.07 Å². The van der Waals surface area contributed by atoms with E-state index in [1.54, 1.807) is 19.1 Å². The van der Waals surface area contributed by atoms with Crippen LogP contribution in [0.25, 0.3) is 10.9 Å². The third-order valence-electron chi connectivity index (χ3n) is 2.88. The summed E-state index contributed by atoms with van der Waals surface area (Å²) in [6.07, 6.45) is 0. The molecule has 0 unspecified atom stereocenters. The molecule has 5 heteroatoms. The lowest BCUT2D eigenvalue weighted by Gasteiger charge is -2.05. The van der Waals surface area contributed by atoms with E-state index in [0.29, 0.717) is 22.6 Å². The first-order valence-corrected chi connectivity index (χ1v) is 5.07. The zero-order chi connectivity index (χ0) is 12.0. The van der Waals surface area contributed by atoms with Crippen molar-refractivity contribution in [3.05, 3.63) is 33.6 Å². The molecule has 0 fully saturated rings. The summed E-state index contributed by atoms with van der Waals surface area (Å²) in [5.41, 5.74) is 1.06. The number of nitrogens with zero attached hydrogens (tertiary/aromatic N) is 1. The summed E-state index contributed by atoms with van der Waals surface area (Å²) < 4.78 is 10.5. The van der Waals surface area contributed by atoms with Crippen molar-refractivity contribution >= 4 is 10.9 Å². The Bertz CT molecular complexity index is 725. The van der Waals surface area contributed by atoms with Crippen LogP contribution in [0.15, 0.2) is 16.9 Å². The maximum atomic E-state index is 11.6. The smallest absolute Gasteiger partial charge is 0.266 e. The number of nitrogens with one attached hydrogen (secondary N) is 1. The zero-order valence-corrected chi connectivity index (χ0v) is 9.03. The molecule has 2 aromatic rings. The molecule has 1 aromatic heterocycles. The van der Waals surface area contributed by atoms with E-state index in [-0.39, 0.29) is 17.9 Å². The van der Waals surface area contributed by atoms with Gasteiger partial charge in [-0.05, 0) is 18.6 Å². The molecular formula is C12H8N2O3. The molecular weight excluding hydrogens is 220 g/mol. The average Bonchev–Trinajstić information content (AvgIpc) is 2.74. The minimum absolute atomic E-state index is 0.136. The van der Waals surface area contributed by atoms with Crippen molar-refractivity contribution in [1.82, 2.24) is 4.98 Å². The van der Waals surface area contributed by atoms with Gasteiger partial charge in [0, 0.05) is 11.5 Å². The van der Waals surface area contributed by atoms with E-state index in [0.717, 1.165) is 5.39 Å². The Morgan fingerprint density at radius 2 is 2.06 bits per heavy atom. The second-order valence-corrected chi connectivity index (χ2v) is 3.82. The number of benzene rings is 1. The fourth-order valence-electron chi connectivity index (χ4n) is 1.98. The number of fused-ring (bicyclic) bond motifs is 2. The fraction of sp³-hybridized carbons (Fsp3) is 0.167. The SMILES string of the molecule is Cc1c(C#N)c(=O)[nH]c2cc3c(cc12)OCO3. The highest BCUT2D eigenvalue weighted by Gasteiger charge is 2.17. The Hall–Kier alpha value is -2.48. The molecule has 0 radical (unpaired) electrons. The predicted octanol–water partition coefficient (Wildman–Crippen LogP) is 1.44. The number of pyridine rings is 1. The molecule has 1 N–H and O–H groups in total. The van der Waals surface area contributed by atoms with Crippen LogP contribution in [0.2, 0.25) is 0 Å². The maximum Gasteiger partial charge on any atom is 0.266 e. The third-order valence-corrected chi connectivity index (χ3v) is 2.88. The van der Waals surface area contributed by atoms with E-state index in [4.69, 9.17) is 14.7 Å². The van der Waals surface area contributed by atoms with Crippen LogP contribution in [0.3, 0.4) is 0 Å². The number of rotatable bonds is 0. The molecule has 2 heterocycles. The van der Waals surface area contributed by atoms with Gasteiger partial charge in [0.1, 0.15) is 11.6 Å². The largest absolute Gasteiger partial charge is 0.454 e. The molecule has 1 aromatic carbocycles. The van der Waals surface area contributed by atoms with Gasteiger partial charge in [0.05, 0.1) is 5.52 Å². The van der Waals surface area contributed by atoms with Gasteiger partial charge in [-0.2, -0.15) is 5.26 Å². The molecule has 0 saturated heterocycles. The van der Waals surface area contributed by atoms with Crippen LogP contribution >= 0.6 is 0 Å². The number of hydrogen-bond acceptors (Lipinski definition) is 4. The van der Waals surface area contributed by atoms with Gasteiger partial charge in [0.25, 0.3) is 5.56 Å². The Labute approximate surface area is 96.2 Å². The highest BCUT2D eigenvalue weighted by molar-refractivity contribution is 5.87. The quantitative estimate of drug-likeness (QED) is 0.740. The van der Waals surface area contributed by atoms with E-state index in [9.17, 15) is 4.79 Å². The summed E-state index contributed by atoms with van der Waals surface area (Å²) in [6, 6.07) is 5.40. The Morgan fingerprint density at radius 1 is 1.35 bits per heavy atom. The van der Waals surface area contributed by atoms with E-state index in [2.05, 4.69) is 4.98 Å². The van der Waals surface area contributed by atoms with Gasteiger partial charge in [-0.1, -0.05) is 0 Å². The van der Waals surface area contributed by atoms with Gasteiger partial charge in [0.15, 0.2) is 11.5 Å². The van der Waals surface area contributed by atoms with Gasteiger partial charge >= 0.3 is 0 Å². The lowest BCUT2D eigenvalue weighted by Crippen LogP contribution is -2.12. The third kappa shape index (κ3) is 1.27. The van der Waals surface area contributed by atoms with Crippen molar-refractivity contribution < 1.29 is 9.47 Å². The molecule has 0 aliphatic carbocycles. The molecule has 0 spiro atoms. The number of ether oxygens (including phenoxy) is 2. The van der Waals surface area contributed by atoms with E-state index in [1.165, 1.54) is 0 Å². The molecule has 1 aliphatic heterocycles. The molecule has 0 atom stereocenters. The number of aromatic nitrogens is 1. The molecule has 5 nitrogen and oxygen atoms in total. The van der Waals surface area contributed by atoms with Crippen molar-refractivity contribution in [2.24, 2.45) is 0 Å². The Balaban J connectivity index is 2.45. The lowest BCUT2D eigenvalue weighted by molar-refractivity contribution is 0.174. The Kier molecular flexibility index (Phi) is 1.86. The van der Waals surface area contributed by atoms with Crippen molar-refractivity contribution in [3.63, 3.8) is 0 Å². The van der Waals surface area contributed by atoms with E-state index >= 15 is 0 Å². The number of hydrogen-bond donors (Lipinski definition) is 1. The lowest BCUT2D eigenvalue weighted by atomic mass is 10.1. The van der Waals surface area contributed by atoms with Crippen LogP contribution in [0.1, 0.15) is 11.1 Å². The van der Waals surface area contributed by atoms with Crippen molar-refractivity contribution in [2.75, 3.05) is 6.79 Å². The minimum Gasteiger partial charge on any atom is -0.454 e.